The molecule has 4 nitrogen and oxygen atoms in total. The normalized spacial score (nSPS) is 23.5. The Morgan fingerprint density at radius 3 is 2.50 bits per heavy atom. The second kappa shape index (κ2) is 7.20. The van der Waals surface area contributed by atoms with E-state index >= 15 is 0 Å². The van der Waals surface area contributed by atoms with Gasteiger partial charge in [-0.25, -0.2) is 8.42 Å². The topological polar surface area (TPSA) is 46.6 Å². The maximum absolute atomic E-state index is 13.0. The fraction of sp³-hybridized carbons (Fsp3) is 0.625. The van der Waals surface area contributed by atoms with E-state index in [2.05, 4.69) is 13.8 Å². The Balaban J connectivity index is 2.37. The number of sulfonamides is 1. The molecule has 0 aliphatic carbocycles. The summed E-state index contributed by atoms with van der Waals surface area (Å²) in [7, 11) is -3.59. The summed E-state index contributed by atoms with van der Waals surface area (Å²) < 4.78 is 33.2. The zero-order valence-corrected chi connectivity index (χ0v) is 15.0. The molecule has 22 heavy (non-hydrogen) atoms. The fourth-order valence-electron chi connectivity index (χ4n) is 2.96. The fourth-order valence-corrected chi connectivity index (χ4v) is 5.03. The van der Waals surface area contributed by atoms with E-state index in [0.29, 0.717) is 42.3 Å². The van der Waals surface area contributed by atoms with Crippen LogP contribution in [0.1, 0.15) is 33.6 Å². The highest BCUT2D eigenvalue weighted by Crippen LogP contribution is 2.33. The molecule has 124 valence electrons. The minimum absolute atomic E-state index is 0.176. The summed E-state index contributed by atoms with van der Waals surface area (Å²) >= 11 is 6.01. The minimum atomic E-state index is -3.59. The van der Waals surface area contributed by atoms with Crippen LogP contribution in [0, 0.1) is 11.8 Å². The first-order valence-electron chi connectivity index (χ1n) is 7.77. The maximum Gasteiger partial charge on any atom is 0.246 e. The van der Waals surface area contributed by atoms with Crippen molar-refractivity contribution in [3.8, 4) is 5.75 Å². The maximum atomic E-state index is 13.0. The van der Waals surface area contributed by atoms with Gasteiger partial charge in [-0.2, -0.15) is 4.31 Å². The summed E-state index contributed by atoms with van der Waals surface area (Å²) in [6, 6.07) is 4.79. The molecule has 0 radical (unpaired) electrons. The average Bonchev–Trinajstić information content (AvgIpc) is 2.45. The standard InChI is InChI=1S/C16H24ClNO3S/c1-4-7-21-15-6-5-14(17)9-16(15)22(19,20)18-10-12(2)8-13(3)11-18/h5-6,9,12-13H,4,7-8,10-11H2,1-3H3/t12-,13-/m0/s1. The van der Waals surface area contributed by atoms with E-state index in [1.165, 1.54) is 6.07 Å². The molecule has 0 aromatic heterocycles. The molecule has 0 saturated carbocycles. The van der Waals surface area contributed by atoms with Crippen LogP contribution in [0.4, 0.5) is 0 Å². The smallest absolute Gasteiger partial charge is 0.246 e. The van der Waals surface area contributed by atoms with Gasteiger partial charge in [0, 0.05) is 18.1 Å². The van der Waals surface area contributed by atoms with Gasteiger partial charge in [0.05, 0.1) is 6.61 Å². The number of rotatable bonds is 5. The first-order chi connectivity index (χ1) is 10.3. The highest BCUT2D eigenvalue weighted by atomic mass is 35.5. The molecule has 0 spiro atoms. The van der Waals surface area contributed by atoms with Crippen LogP contribution in [0.25, 0.3) is 0 Å². The second-order valence-electron chi connectivity index (χ2n) is 6.21. The monoisotopic (exact) mass is 345 g/mol. The van der Waals surface area contributed by atoms with Gasteiger partial charge < -0.3 is 4.74 Å². The predicted octanol–water partition coefficient (Wildman–Crippen LogP) is 3.80. The molecule has 0 bridgehead atoms. The molecule has 0 amide bonds. The Bertz CT molecular complexity index is 608. The third-order valence-electron chi connectivity index (χ3n) is 3.82. The highest BCUT2D eigenvalue weighted by molar-refractivity contribution is 7.89. The van der Waals surface area contributed by atoms with E-state index in [4.69, 9.17) is 16.3 Å². The van der Waals surface area contributed by atoms with Crippen molar-refractivity contribution in [3.05, 3.63) is 23.2 Å². The number of ether oxygens (including phenoxy) is 1. The highest BCUT2D eigenvalue weighted by Gasteiger charge is 2.33. The van der Waals surface area contributed by atoms with E-state index in [-0.39, 0.29) is 4.90 Å². The summed E-state index contributed by atoms with van der Waals surface area (Å²) in [6.07, 6.45) is 1.88. The molecule has 1 aromatic carbocycles. The molecule has 1 heterocycles. The number of piperidine rings is 1. The number of nitrogens with zero attached hydrogens (tertiary/aromatic N) is 1. The van der Waals surface area contributed by atoms with Gasteiger partial charge in [-0.3, -0.25) is 0 Å². The number of halogens is 1. The molecule has 2 atom stereocenters. The Kier molecular flexibility index (Phi) is 5.75. The lowest BCUT2D eigenvalue weighted by atomic mass is 9.94. The third-order valence-corrected chi connectivity index (χ3v) is 5.91. The van der Waals surface area contributed by atoms with Crippen molar-refractivity contribution >= 4 is 21.6 Å². The molecular formula is C16H24ClNO3S. The van der Waals surface area contributed by atoms with Crippen LogP contribution in [0.3, 0.4) is 0 Å². The van der Waals surface area contributed by atoms with Crippen LogP contribution >= 0.6 is 11.6 Å². The lowest BCUT2D eigenvalue weighted by Crippen LogP contribution is -2.42. The van der Waals surface area contributed by atoms with Crippen molar-refractivity contribution in [1.82, 2.24) is 4.31 Å². The molecule has 6 heteroatoms. The molecule has 1 fully saturated rings. The van der Waals surface area contributed by atoms with Crippen molar-refractivity contribution in [2.24, 2.45) is 11.8 Å². The van der Waals surface area contributed by atoms with Crippen molar-refractivity contribution in [2.45, 2.75) is 38.5 Å². The molecular weight excluding hydrogens is 322 g/mol. The van der Waals surface area contributed by atoms with Crippen LogP contribution in [0.15, 0.2) is 23.1 Å². The Hall–Kier alpha value is -0.780. The molecule has 0 unspecified atom stereocenters. The van der Waals surface area contributed by atoms with E-state index in [1.54, 1.807) is 16.4 Å². The van der Waals surface area contributed by atoms with Gasteiger partial charge in [0.15, 0.2) is 0 Å². The molecule has 1 aliphatic heterocycles. The van der Waals surface area contributed by atoms with E-state index in [0.717, 1.165) is 12.8 Å². The van der Waals surface area contributed by atoms with Gasteiger partial charge in [-0.05, 0) is 42.9 Å². The van der Waals surface area contributed by atoms with Gasteiger partial charge >= 0.3 is 0 Å². The molecule has 1 saturated heterocycles. The van der Waals surface area contributed by atoms with Crippen LogP contribution in [0.5, 0.6) is 5.75 Å². The summed E-state index contributed by atoms with van der Waals surface area (Å²) in [5.41, 5.74) is 0. The lowest BCUT2D eigenvalue weighted by Gasteiger charge is -2.34. The van der Waals surface area contributed by atoms with Gasteiger partial charge in [0.25, 0.3) is 0 Å². The van der Waals surface area contributed by atoms with Crippen molar-refractivity contribution in [1.29, 1.82) is 0 Å². The quantitative estimate of drug-likeness (QED) is 0.815. The van der Waals surface area contributed by atoms with Crippen LogP contribution in [-0.2, 0) is 10.0 Å². The molecule has 2 rings (SSSR count). The van der Waals surface area contributed by atoms with Crippen LogP contribution < -0.4 is 4.74 Å². The number of hydrogen-bond donors (Lipinski definition) is 0. The SMILES string of the molecule is CCCOc1ccc(Cl)cc1S(=O)(=O)N1C[C@@H](C)C[C@H](C)C1. The van der Waals surface area contributed by atoms with Crippen molar-refractivity contribution < 1.29 is 13.2 Å². The average molecular weight is 346 g/mol. The van der Waals surface area contributed by atoms with Gasteiger partial charge in [-0.15, -0.1) is 0 Å². The Labute approximate surface area is 138 Å². The Morgan fingerprint density at radius 2 is 1.91 bits per heavy atom. The Morgan fingerprint density at radius 1 is 1.27 bits per heavy atom. The van der Waals surface area contributed by atoms with Gasteiger partial charge in [-0.1, -0.05) is 32.4 Å². The number of benzene rings is 1. The molecule has 1 aromatic rings. The van der Waals surface area contributed by atoms with E-state index in [9.17, 15) is 8.42 Å². The minimum Gasteiger partial charge on any atom is -0.492 e. The first-order valence-corrected chi connectivity index (χ1v) is 9.59. The van der Waals surface area contributed by atoms with E-state index < -0.39 is 10.0 Å². The van der Waals surface area contributed by atoms with Gasteiger partial charge in [0.1, 0.15) is 10.6 Å². The van der Waals surface area contributed by atoms with Crippen molar-refractivity contribution in [2.75, 3.05) is 19.7 Å². The first kappa shape index (κ1) is 17.6. The van der Waals surface area contributed by atoms with E-state index in [1.807, 2.05) is 6.92 Å². The zero-order valence-electron chi connectivity index (χ0n) is 13.4. The summed E-state index contributed by atoms with van der Waals surface area (Å²) in [5.74, 6) is 1.10. The second-order valence-corrected chi connectivity index (χ2v) is 8.55. The summed E-state index contributed by atoms with van der Waals surface area (Å²) in [5, 5.41) is 0.403. The van der Waals surface area contributed by atoms with Gasteiger partial charge in [0.2, 0.25) is 10.0 Å². The predicted molar refractivity (Wildman–Crippen MR) is 88.9 cm³/mol. The third kappa shape index (κ3) is 3.94. The largest absolute Gasteiger partial charge is 0.492 e. The lowest BCUT2D eigenvalue weighted by molar-refractivity contribution is 0.221. The number of hydrogen-bond acceptors (Lipinski definition) is 3. The van der Waals surface area contributed by atoms with Crippen LogP contribution in [-0.4, -0.2) is 32.4 Å². The summed E-state index contributed by atoms with van der Waals surface area (Å²) in [4.78, 5) is 0.176. The molecule has 0 N–H and O–H groups in total. The zero-order chi connectivity index (χ0) is 16.3. The van der Waals surface area contributed by atoms with Crippen molar-refractivity contribution in [3.63, 3.8) is 0 Å². The van der Waals surface area contributed by atoms with Crippen LogP contribution in [0.2, 0.25) is 5.02 Å². The molecule has 1 aliphatic rings. The summed E-state index contributed by atoms with van der Waals surface area (Å²) in [6.45, 7) is 7.74.